The molecule has 4 rings (SSSR count). The van der Waals surface area contributed by atoms with Crippen molar-refractivity contribution in [2.24, 2.45) is 11.8 Å². The van der Waals surface area contributed by atoms with Crippen LogP contribution >= 0.6 is 0 Å². The molecule has 0 N–H and O–H groups in total. The van der Waals surface area contributed by atoms with E-state index in [1.54, 1.807) is 6.07 Å². The molecule has 6 nitrogen and oxygen atoms in total. The third kappa shape index (κ3) is 4.92. The monoisotopic (exact) mass is 399 g/mol. The van der Waals surface area contributed by atoms with Gasteiger partial charge in [0.15, 0.2) is 17.3 Å². The van der Waals surface area contributed by atoms with Crippen molar-refractivity contribution in [1.29, 1.82) is 0 Å². The molecule has 1 aromatic heterocycles. The predicted molar refractivity (Wildman–Crippen MR) is 108 cm³/mol. The highest BCUT2D eigenvalue weighted by Gasteiger charge is 2.27. The third-order valence-corrected chi connectivity index (χ3v) is 5.89. The molecule has 156 valence electrons. The first-order chi connectivity index (χ1) is 14.2. The van der Waals surface area contributed by atoms with Crippen LogP contribution in [0, 0.1) is 11.8 Å². The van der Waals surface area contributed by atoms with Gasteiger partial charge in [-0.2, -0.15) is 0 Å². The molecular formula is C23H29NO5. The van der Waals surface area contributed by atoms with Gasteiger partial charge in [-0.3, -0.25) is 4.79 Å². The molecule has 0 atom stereocenters. The number of ether oxygens (including phenoxy) is 3. The summed E-state index contributed by atoms with van der Waals surface area (Å²) >= 11 is 0. The van der Waals surface area contributed by atoms with Crippen molar-refractivity contribution in [1.82, 2.24) is 5.16 Å². The lowest BCUT2D eigenvalue weighted by molar-refractivity contribution is -0.151. The Morgan fingerprint density at radius 3 is 2.69 bits per heavy atom. The number of nitrogens with zero attached hydrogens (tertiary/aromatic N) is 1. The maximum absolute atomic E-state index is 12.4. The second-order valence-electron chi connectivity index (χ2n) is 8.01. The van der Waals surface area contributed by atoms with E-state index < -0.39 is 0 Å². The summed E-state index contributed by atoms with van der Waals surface area (Å²) in [6, 6.07) is 7.45. The van der Waals surface area contributed by atoms with E-state index in [1.165, 1.54) is 19.3 Å². The van der Waals surface area contributed by atoms with Gasteiger partial charge < -0.3 is 18.7 Å². The van der Waals surface area contributed by atoms with Crippen molar-refractivity contribution in [3.8, 4) is 22.8 Å². The molecule has 6 heteroatoms. The van der Waals surface area contributed by atoms with Crippen LogP contribution in [-0.2, 0) is 16.1 Å². The fourth-order valence-electron chi connectivity index (χ4n) is 4.16. The number of esters is 1. The second-order valence-corrected chi connectivity index (χ2v) is 8.01. The van der Waals surface area contributed by atoms with Crippen LogP contribution < -0.4 is 9.47 Å². The lowest BCUT2D eigenvalue weighted by Crippen LogP contribution is -2.23. The number of carbonyl (C=O) groups is 1. The molecule has 1 aliphatic carbocycles. The Bertz CT molecular complexity index is 822. The maximum Gasteiger partial charge on any atom is 0.309 e. The molecule has 2 aromatic rings. The Morgan fingerprint density at radius 2 is 1.90 bits per heavy atom. The molecule has 1 fully saturated rings. The Labute approximate surface area is 171 Å². The number of hydrogen-bond donors (Lipinski definition) is 0. The largest absolute Gasteiger partial charge is 0.486 e. The van der Waals surface area contributed by atoms with E-state index in [-0.39, 0.29) is 18.5 Å². The molecule has 0 unspecified atom stereocenters. The van der Waals surface area contributed by atoms with Crippen LogP contribution in [0.15, 0.2) is 28.8 Å². The number of rotatable bonds is 7. The van der Waals surface area contributed by atoms with Crippen LogP contribution in [0.2, 0.25) is 0 Å². The third-order valence-electron chi connectivity index (χ3n) is 5.89. The first-order valence-corrected chi connectivity index (χ1v) is 10.7. The van der Waals surface area contributed by atoms with E-state index in [0.29, 0.717) is 30.4 Å². The lowest BCUT2D eigenvalue weighted by Gasteiger charge is -2.27. The van der Waals surface area contributed by atoms with Gasteiger partial charge in [-0.1, -0.05) is 31.3 Å². The van der Waals surface area contributed by atoms with Gasteiger partial charge in [-0.15, -0.1) is 0 Å². The number of fused-ring (bicyclic) bond motifs is 1. The molecule has 1 aromatic carbocycles. The number of carbonyl (C=O) groups excluding carboxylic acids is 1. The van der Waals surface area contributed by atoms with E-state index in [2.05, 4.69) is 12.1 Å². The molecule has 29 heavy (non-hydrogen) atoms. The van der Waals surface area contributed by atoms with E-state index in [9.17, 15) is 4.79 Å². The molecule has 2 heterocycles. The highest BCUT2D eigenvalue weighted by atomic mass is 16.6. The Kier molecular flexibility index (Phi) is 6.37. The quantitative estimate of drug-likeness (QED) is 0.600. The van der Waals surface area contributed by atoms with Crippen molar-refractivity contribution in [3.63, 3.8) is 0 Å². The van der Waals surface area contributed by atoms with Gasteiger partial charge in [-0.05, 0) is 49.8 Å². The number of hydrogen-bond acceptors (Lipinski definition) is 6. The van der Waals surface area contributed by atoms with E-state index in [1.807, 2.05) is 18.2 Å². The van der Waals surface area contributed by atoms with Crippen molar-refractivity contribution in [3.05, 3.63) is 30.0 Å². The first kappa shape index (κ1) is 19.8. The van der Waals surface area contributed by atoms with Crippen molar-refractivity contribution >= 4 is 5.97 Å². The van der Waals surface area contributed by atoms with Gasteiger partial charge in [0.05, 0.1) is 5.92 Å². The van der Waals surface area contributed by atoms with Crippen LogP contribution in [0.1, 0.15) is 57.6 Å². The SMILES string of the molecule is CCCCC1CCC(C(=O)OCc2cc(-c3ccc4c(c3)OCCO4)on2)CC1. The molecular weight excluding hydrogens is 370 g/mol. The van der Waals surface area contributed by atoms with E-state index >= 15 is 0 Å². The molecule has 1 aliphatic heterocycles. The summed E-state index contributed by atoms with van der Waals surface area (Å²) in [5, 5.41) is 4.04. The van der Waals surface area contributed by atoms with Crippen molar-refractivity contribution in [2.75, 3.05) is 13.2 Å². The topological polar surface area (TPSA) is 70.8 Å². The van der Waals surface area contributed by atoms with Crippen LogP contribution in [-0.4, -0.2) is 24.3 Å². The zero-order valence-electron chi connectivity index (χ0n) is 17.0. The Hall–Kier alpha value is -2.50. The van der Waals surface area contributed by atoms with Gasteiger partial charge in [-0.25, -0.2) is 0 Å². The first-order valence-electron chi connectivity index (χ1n) is 10.7. The van der Waals surface area contributed by atoms with Crippen LogP contribution in [0.25, 0.3) is 11.3 Å². The summed E-state index contributed by atoms with van der Waals surface area (Å²) in [7, 11) is 0. The maximum atomic E-state index is 12.4. The molecule has 0 spiro atoms. The van der Waals surface area contributed by atoms with Gasteiger partial charge in [0.2, 0.25) is 0 Å². The summed E-state index contributed by atoms with van der Waals surface area (Å²) < 4.78 is 22.1. The van der Waals surface area contributed by atoms with Crippen molar-refractivity contribution < 1.29 is 23.5 Å². The molecule has 0 radical (unpaired) electrons. The summed E-state index contributed by atoms with van der Waals surface area (Å²) in [5.41, 5.74) is 1.46. The number of unbranched alkanes of at least 4 members (excludes halogenated alkanes) is 1. The zero-order chi connectivity index (χ0) is 20.1. The summed E-state index contributed by atoms with van der Waals surface area (Å²) in [4.78, 5) is 12.4. The molecule has 1 saturated carbocycles. The second kappa shape index (κ2) is 9.33. The van der Waals surface area contributed by atoms with Crippen molar-refractivity contribution in [2.45, 2.75) is 58.5 Å². The highest BCUT2D eigenvalue weighted by molar-refractivity contribution is 5.72. The lowest BCUT2D eigenvalue weighted by atomic mass is 9.80. The van der Waals surface area contributed by atoms with Gasteiger partial charge in [0.25, 0.3) is 0 Å². The van der Waals surface area contributed by atoms with E-state index in [0.717, 1.165) is 42.9 Å². The smallest absolute Gasteiger partial charge is 0.309 e. The van der Waals surface area contributed by atoms with Gasteiger partial charge >= 0.3 is 5.97 Å². The standard InChI is InChI=1S/C23H29NO5/c1-2-3-4-16-5-7-17(8-6-16)23(25)28-15-19-14-21(29-24-19)18-9-10-20-22(13-18)27-12-11-26-20/h9-10,13-14,16-17H,2-8,11-12,15H2,1H3. The minimum atomic E-state index is -0.108. The molecule has 0 amide bonds. The molecule has 0 bridgehead atoms. The zero-order valence-corrected chi connectivity index (χ0v) is 17.0. The highest BCUT2D eigenvalue weighted by Crippen LogP contribution is 2.35. The normalized spacial score (nSPS) is 21.0. The van der Waals surface area contributed by atoms with Gasteiger partial charge in [0, 0.05) is 11.6 Å². The average Bonchev–Trinajstić information content (AvgIpc) is 3.25. The number of benzene rings is 1. The predicted octanol–water partition coefficient (Wildman–Crippen LogP) is 5.15. The van der Waals surface area contributed by atoms with E-state index in [4.69, 9.17) is 18.7 Å². The van der Waals surface area contributed by atoms with Crippen LogP contribution in [0.4, 0.5) is 0 Å². The Morgan fingerprint density at radius 1 is 1.10 bits per heavy atom. The molecule has 0 saturated heterocycles. The number of aromatic nitrogens is 1. The fourth-order valence-corrected chi connectivity index (χ4v) is 4.16. The summed E-state index contributed by atoms with van der Waals surface area (Å²) in [6.45, 7) is 3.47. The average molecular weight is 399 g/mol. The minimum absolute atomic E-state index is 0.0250. The van der Waals surface area contributed by atoms with Crippen LogP contribution in [0.5, 0.6) is 11.5 Å². The van der Waals surface area contributed by atoms with Crippen LogP contribution in [0.3, 0.4) is 0 Å². The van der Waals surface area contributed by atoms with Gasteiger partial charge in [0.1, 0.15) is 25.5 Å². The fraction of sp³-hybridized carbons (Fsp3) is 0.565. The minimum Gasteiger partial charge on any atom is -0.486 e. The Balaban J connectivity index is 1.28. The molecule has 2 aliphatic rings. The summed E-state index contributed by atoms with van der Waals surface area (Å²) in [5.74, 6) is 2.75. The summed E-state index contributed by atoms with van der Waals surface area (Å²) in [6.07, 6.45) is 7.98.